The Morgan fingerprint density at radius 2 is 1.33 bits per heavy atom. The lowest BCUT2D eigenvalue weighted by molar-refractivity contribution is 0.631. The molecule has 4 heteroatoms. The molecular formula is C17H11F2NS. The number of pyridine rings is 1. The first-order valence-electron chi connectivity index (χ1n) is 6.39. The summed E-state index contributed by atoms with van der Waals surface area (Å²) in [6, 6.07) is 14.5. The molecule has 1 heterocycles. The Morgan fingerprint density at radius 1 is 0.762 bits per heavy atom. The van der Waals surface area contributed by atoms with E-state index in [1.165, 1.54) is 12.1 Å². The van der Waals surface area contributed by atoms with Crippen molar-refractivity contribution in [3.05, 3.63) is 77.1 Å². The highest BCUT2D eigenvalue weighted by Crippen LogP contribution is 2.29. The Balaban J connectivity index is 2.21. The molecule has 0 aliphatic heterocycles. The number of halogens is 2. The van der Waals surface area contributed by atoms with Crippen LogP contribution in [0, 0.1) is 16.3 Å². The molecule has 3 rings (SSSR count). The molecule has 21 heavy (non-hydrogen) atoms. The highest BCUT2D eigenvalue weighted by molar-refractivity contribution is 7.71. The van der Waals surface area contributed by atoms with E-state index in [0.717, 1.165) is 0 Å². The molecule has 0 spiro atoms. The molecular weight excluding hydrogens is 288 g/mol. The van der Waals surface area contributed by atoms with Crippen LogP contribution in [-0.2, 0) is 0 Å². The highest BCUT2D eigenvalue weighted by Gasteiger charge is 2.10. The van der Waals surface area contributed by atoms with Gasteiger partial charge in [0.05, 0.1) is 0 Å². The lowest BCUT2D eigenvalue weighted by atomic mass is 10.0. The van der Waals surface area contributed by atoms with Crippen molar-refractivity contribution in [2.75, 3.05) is 0 Å². The fourth-order valence-corrected chi connectivity index (χ4v) is 2.44. The zero-order valence-corrected chi connectivity index (χ0v) is 11.8. The lowest BCUT2D eigenvalue weighted by Crippen LogP contribution is -1.90. The van der Waals surface area contributed by atoms with Crippen LogP contribution in [0.3, 0.4) is 0 Å². The number of hydrogen-bond acceptors (Lipinski definition) is 1. The molecule has 0 radical (unpaired) electrons. The number of benzene rings is 2. The molecule has 0 aliphatic rings. The normalized spacial score (nSPS) is 10.6. The van der Waals surface area contributed by atoms with E-state index in [1.807, 2.05) is 0 Å². The lowest BCUT2D eigenvalue weighted by Gasteiger charge is -2.08. The van der Waals surface area contributed by atoms with E-state index < -0.39 is 0 Å². The van der Waals surface area contributed by atoms with Crippen molar-refractivity contribution in [3.63, 3.8) is 0 Å². The number of H-pyrrole nitrogens is 1. The fourth-order valence-electron chi connectivity index (χ4n) is 2.21. The van der Waals surface area contributed by atoms with E-state index >= 15 is 0 Å². The molecule has 0 amide bonds. The minimum Gasteiger partial charge on any atom is -0.352 e. The minimum absolute atomic E-state index is 0.331. The van der Waals surface area contributed by atoms with Crippen molar-refractivity contribution < 1.29 is 8.78 Å². The van der Waals surface area contributed by atoms with Gasteiger partial charge in [0.15, 0.2) is 0 Å². The molecule has 0 saturated carbocycles. The van der Waals surface area contributed by atoms with Gasteiger partial charge in [-0.25, -0.2) is 8.78 Å². The number of rotatable bonds is 2. The van der Waals surface area contributed by atoms with Crippen LogP contribution in [0.15, 0.2) is 60.8 Å². The van der Waals surface area contributed by atoms with Gasteiger partial charge in [-0.2, -0.15) is 0 Å². The van der Waals surface area contributed by atoms with E-state index in [1.54, 1.807) is 48.7 Å². The predicted molar refractivity (Wildman–Crippen MR) is 82.4 cm³/mol. The monoisotopic (exact) mass is 299 g/mol. The molecule has 1 nitrogen and oxygen atoms in total. The third kappa shape index (κ3) is 2.62. The summed E-state index contributed by atoms with van der Waals surface area (Å²) in [6.07, 6.45) is 1.63. The average Bonchev–Trinajstić information content (AvgIpc) is 2.49. The van der Waals surface area contributed by atoms with Crippen LogP contribution >= 0.6 is 12.2 Å². The summed E-state index contributed by atoms with van der Waals surface area (Å²) >= 11 is 5.22. The Labute approximate surface area is 125 Å². The molecule has 1 N–H and O–H groups in total. The zero-order valence-electron chi connectivity index (χ0n) is 10.9. The largest absolute Gasteiger partial charge is 0.352 e. The van der Waals surface area contributed by atoms with Crippen molar-refractivity contribution in [2.24, 2.45) is 0 Å². The van der Waals surface area contributed by atoms with Crippen molar-refractivity contribution in [3.8, 4) is 22.3 Å². The SMILES string of the molecule is Fc1ccccc1-c1c[nH]c(=S)c(-c2ccccc2F)c1. The van der Waals surface area contributed by atoms with Crippen LogP contribution in [0.25, 0.3) is 22.3 Å². The summed E-state index contributed by atoms with van der Waals surface area (Å²) in [5.41, 5.74) is 2.02. The van der Waals surface area contributed by atoms with E-state index in [0.29, 0.717) is 26.9 Å². The second-order valence-electron chi connectivity index (χ2n) is 4.59. The molecule has 0 bridgehead atoms. The summed E-state index contributed by atoms with van der Waals surface area (Å²) in [4.78, 5) is 2.90. The zero-order chi connectivity index (χ0) is 14.8. The van der Waals surface area contributed by atoms with Gasteiger partial charge >= 0.3 is 0 Å². The van der Waals surface area contributed by atoms with E-state index in [4.69, 9.17) is 12.2 Å². The summed E-state index contributed by atoms with van der Waals surface area (Å²) in [5, 5.41) is 0. The van der Waals surface area contributed by atoms with Crippen molar-refractivity contribution in [2.45, 2.75) is 0 Å². The molecule has 0 unspecified atom stereocenters. The second kappa shape index (κ2) is 5.58. The first-order chi connectivity index (χ1) is 10.2. The van der Waals surface area contributed by atoms with Crippen LogP contribution in [0.5, 0.6) is 0 Å². The van der Waals surface area contributed by atoms with Gasteiger partial charge in [-0.15, -0.1) is 0 Å². The van der Waals surface area contributed by atoms with Gasteiger partial charge in [-0.3, -0.25) is 0 Å². The molecule has 2 aromatic carbocycles. The van der Waals surface area contributed by atoms with Crippen LogP contribution < -0.4 is 0 Å². The maximum absolute atomic E-state index is 13.9. The quantitative estimate of drug-likeness (QED) is 0.630. The molecule has 0 atom stereocenters. The van der Waals surface area contributed by atoms with Crippen LogP contribution in [-0.4, -0.2) is 4.98 Å². The van der Waals surface area contributed by atoms with Crippen molar-refractivity contribution in [1.29, 1.82) is 0 Å². The van der Waals surface area contributed by atoms with Crippen LogP contribution in [0.1, 0.15) is 0 Å². The summed E-state index contributed by atoms with van der Waals surface area (Å²) in [7, 11) is 0. The number of nitrogens with one attached hydrogen (secondary N) is 1. The first kappa shape index (κ1) is 13.6. The van der Waals surface area contributed by atoms with Gasteiger partial charge < -0.3 is 4.98 Å². The molecule has 3 aromatic rings. The van der Waals surface area contributed by atoms with E-state index in [-0.39, 0.29) is 11.6 Å². The van der Waals surface area contributed by atoms with Gasteiger partial charge in [0.1, 0.15) is 16.3 Å². The Morgan fingerprint density at radius 3 is 1.95 bits per heavy atom. The van der Waals surface area contributed by atoms with E-state index in [9.17, 15) is 8.78 Å². The third-order valence-corrected chi connectivity index (χ3v) is 3.59. The smallest absolute Gasteiger partial charge is 0.131 e. The number of aromatic amines is 1. The minimum atomic E-state index is -0.359. The summed E-state index contributed by atoms with van der Waals surface area (Å²) in [6.45, 7) is 0. The molecule has 1 aromatic heterocycles. The average molecular weight is 299 g/mol. The van der Waals surface area contributed by atoms with Gasteiger partial charge in [0.2, 0.25) is 0 Å². The van der Waals surface area contributed by atoms with Crippen molar-refractivity contribution >= 4 is 12.2 Å². The topological polar surface area (TPSA) is 15.8 Å². The third-order valence-electron chi connectivity index (χ3n) is 3.25. The summed E-state index contributed by atoms with van der Waals surface area (Å²) in [5.74, 6) is -0.690. The fraction of sp³-hybridized carbons (Fsp3) is 0. The van der Waals surface area contributed by atoms with E-state index in [2.05, 4.69) is 4.98 Å². The Bertz CT molecular complexity index is 855. The summed E-state index contributed by atoms with van der Waals surface area (Å²) < 4.78 is 28.2. The van der Waals surface area contributed by atoms with Gasteiger partial charge in [-0.1, -0.05) is 48.6 Å². The standard InChI is InChI=1S/C17H11F2NS/c18-15-7-3-1-5-12(15)11-9-14(17(21)20-10-11)13-6-2-4-8-16(13)19/h1-10H,(H,20,21). The molecule has 0 aliphatic carbocycles. The van der Waals surface area contributed by atoms with Gasteiger partial charge in [-0.05, 0) is 18.2 Å². The van der Waals surface area contributed by atoms with Gasteiger partial charge in [0, 0.05) is 28.5 Å². The number of hydrogen-bond donors (Lipinski definition) is 1. The Kier molecular flexibility index (Phi) is 3.62. The van der Waals surface area contributed by atoms with Crippen LogP contribution in [0.2, 0.25) is 0 Å². The molecule has 0 saturated heterocycles. The second-order valence-corrected chi connectivity index (χ2v) is 5.00. The maximum Gasteiger partial charge on any atom is 0.131 e. The predicted octanol–water partition coefficient (Wildman–Crippen LogP) is 5.36. The number of aromatic nitrogens is 1. The Hall–Kier alpha value is -2.33. The molecule has 104 valence electrons. The van der Waals surface area contributed by atoms with Crippen molar-refractivity contribution in [1.82, 2.24) is 4.98 Å². The maximum atomic E-state index is 13.9. The molecule has 0 fully saturated rings. The van der Waals surface area contributed by atoms with Crippen LogP contribution in [0.4, 0.5) is 8.78 Å². The first-order valence-corrected chi connectivity index (χ1v) is 6.80. The van der Waals surface area contributed by atoms with Gasteiger partial charge in [0.25, 0.3) is 0 Å². The highest BCUT2D eigenvalue weighted by atomic mass is 32.1.